The number of aryl methyl sites for hydroxylation is 1. The molecule has 21 heavy (non-hydrogen) atoms. The average Bonchev–Trinajstić information content (AvgIpc) is 2.86. The van der Waals surface area contributed by atoms with Gasteiger partial charge in [-0.15, -0.1) is 11.3 Å². The fourth-order valence-electron chi connectivity index (χ4n) is 3.11. The molecule has 3 N–H and O–H groups in total. The third-order valence-electron chi connectivity index (χ3n) is 4.18. The number of benzene rings is 1. The molecule has 0 unspecified atom stereocenters. The van der Waals surface area contributed by atoms with Crippen LogP contribution >= 0.6 is 11.3 Å². The highest BCUT2D eigenvalue weighted by Gasteiger charge is 2.31. The Bertz CT molecular complexity index is 706. The molecule has 0 fully saturated rings. The summed E-state index contributed by atoms with van der Waals surface area (Å²) in [6, 6.07) is 6.92. The summed E-state index contributed by atoms with van der Waals surface area (Å²) in [6.07, 6.45) is 4.26. The smallest absolute Gasteiger partial charge is 0.256 e. The Hall–Kier alpha value is -2.01. The topological polar surface area (TPSA) is 61.4 Å². The highest BCUT2D eigenvalue weighted by atomic mass is 32.1. The molecule has 0 saturated carbocycles. The summed E-state index contributed by atoms with van der Waals surface area (Å²) >= 11 is 1.72. The first-order valence-electron chi connectivity index (χ1n) is 7.23. The van der Waals surface area contributed by atoms with E-state index in [1.165, 1.54) is 23.3 Å². The Morgan fingerprint density at radius 2 is 1.86 bits per heavy atom. The maximum absolute atomic E-state index is 12.5. The minimum Gasteiger partial charge on any atom is -0.508 e. The molecule has 2 aromatic rings. The fourth-order valence-corrected chi connectivity index (χ4v) is 4.43. The van der Waals surface area contributed by atoms with Crippen molar-refractivity contribution >= 4 is 22.2 Å². The lowest BCUT2D eigenvalue weighted by Gasteiger charge is -2.26. The standard InChI is InChI=1S/C16H16N2O2S/c19-10-7-5-9(6-8-10)14-17-15(20)13-11-3-1-2-4-12(11)21-16(13)18-14/h5-8,14,18-19H,1-4H2,(H,17,20)/t14-/m0/s1. The zero-order chi connectivity index (χ0) is 14.4. The molecule has 0 radical (unpaired) electrons. The van der Waals surface area contributed by atoms with E-state index in [1.54, 1.807) is 23.5 Å². The van der Waals surface area contributed by atoms with Crippen molar-refractivity contribution in [2.75, 3.05) is 5.32 Å². The van der Waals surface area contributed by atoms with Crippen molar-refractivity contribution in [1.82, 2.24) is 5.32 Å². The van der Waals surface area contributed by atoms with Gasteiger partial charge in [0.2, 0.25) is 0 Å². The molecule has 1 aromatic carbocycles. The molecule has 5 heteroatoms. The number of fused-ring (bicyclic) bond motifs is 3. The maximum Gasteiger partial charge on any atom is 0.256 e. The minimum absolute atomic E-state index is 0.0150. The van der Waals surface area contributed by atoms with Gasteiger partial charge in [0.1, 0.15) is 16.9 Å². The summed E-state index contributed by atoms with van der Waals surface area (Å²) < 4.78 is 0. The van der Waals surface area contributed by atoms with E-state index < -0.39 is 0 Å². The summed E-state index contributed by atoms with van der Waals surface area (Å²) in [4.78, 5) is 13.8. The number of thiophene rings is 1. The van der Waals surface area contributed by atoms with Crippen molar-refractivity contribution in [3.63, 3.8) is 0 Å². The molecule has 0 saturated heterocycles. The molecule has 1 aliphatic heterocycles. The first-order valence-corrected chi connectivity index (χ1v) is 8.05. The number of rotatable bonds is 1. The van der Waals surface area contributed by atoms with Crippen LogP contribution in [0.4, 0.5) is 5.00 Å². The van der Waals surface area contributed by atoms with Crippen LogP contribution in [0.15, 0.2) is 24.3 Å². The molecule has 2 heterocycles. The van der Waals surface area contributed by atoms with Gasteiger partial charge in [-0.05, 0) is 48.9 Å². The molecule has 4 rings (SSSR count). The van der Waals surface area contributed by atoms with E-state index in [2.05, 4.69) is 10.6 Å². The first-order chi connectivity index (χ1) is 10.2. The van der Waals surface area contributed by atoms with Crippen molar-refractivity contribution in [3.8, 4) is 5.75 Å². The van der Waals surface area contributed by atoms with Gasteiger partial charge in [0.15, 0.2) is 0 Å². The summed E-state index contributed by atoms with van der Waals surface area (Å²) in [7, 11) is 0. The lowest BCUT2D eigenvalue weighted by molar-refractivity contribution is 0.0935. The normalized spacial score (nSPS) is 20.2. The number of nitrogens with one attached hydrogen (secondary N) is 2. The van der Waals surface area contributed by atoms with Gasteiger partial charge in [0.05, 0.1) is 5.56 Å². The van der Waals surface area contributed by atoms with Crippen molar-refractivity contribution in [3.05, 3.63) is 45.8 Å². The monoisotopic (exact) mass is 300 g/mol. The average molecular weight is 300 g/mol. The van der Waals surface area contributed by atoms with E-state index in [9.17, 15) is 9.90 Å². The van der Waals surface area contributed by atoms with Crippen LogP contribution in [0.1, 0.15) is 45.4 Å². The van der Waals surface area contributed by atoms with Crippen LogP contribution in [0.25, 0.3) is 0 Å². The van der Waals surface area contributed by atoms with E-state index in [4.69, 9.17) is 0 Å². The zero-order valence-corrected chi connectivity index (χ0v) is 12.3. The Morgan fingerprint density at radius 3 is 2.67 bits per heavy atom. The van der Waals surface area contributed by atoms with Gasteiger partial charge in [0.25, 0.3) is 5.91 Å². The molecular formula is C16H16N2O2S. The predicted molar refractivity (Wildman–Crippen MR) is 82.9 cm³/mol. The van der Waals surface area contributed by atoms with Crippen LogP contribution in [0.5, 0.6) is 5.75 Å². The van der Waals surface area contributed by atoms with Crippen molar-refractivity contribution in [2.45, 2.75) is 31.8 Å². The van der Waals surface area contributed by atoms with Gasteiger partial charge >= 0.3 is 0 Å². The third kappa shape index (κ3) is 2.08. The van der Waals surface area contributed by atoms with Crippen molar-refractivity contribution in [2.24, 2.45) is 0 Å². The summed E-state index contributed by atoms with van der Waals surface area (Å²) in [5, 5.41) is 16.8. The number of amides is 1. The number of anilines is 1. The third-order valence-corrected chi connectivity index (χ3v) is 5.40. The lowest BCUT2D eigenvalue weighted by Crippen LogP contribution is -2.38. The van der Waals surface area contributed by atoms with Crippen LogP contribution in [-0.2, 0) is 12.8 Å². The van der Waals surface area contributed by atoms with E-state index in [0.29, 0.717) is 0 Å². The van der Waals surface area contributed by atoms with Crippen molar-refractivity contribution < 1.29 is 9.90 Å². The molecular weight excluding hydrogens is 284 g/mol. The molecule has 108 valence electrons. The second kappa shape index (κ2) is 4.77. The molecule has 1 amide bonds. The number of carbonyl (C=O) groups excluding carboxylic acids is 1. The number of hydrogen-bond donors (Lipinski definition) is 3. The van der Waals surface area contributed by atoms with Crippen LogP contribution < -0.4 is 10.6 Å². The molecule has 1 aliphatic carbocycles. The zero-order valence-electron chi connectivity index (χ0n) is 11.5. The number of phenols is 1. The predicted octanol–water partition coefficient (Wildman–Crippen LogP) is 3.19. The second-order valence-corrected chi connectivity index (χ2v) is 6.66. The van der Waals surface area contributed by atoms with Crippen LogP contribution in [-0.4, -0.2) is 11.0 Å². The molecule has 1 aromatic heterocycles. The SMILES string of the molecule is O=C1N[C@H](c2ccc(O)cc2)Nc2sc3c(c21)CCCC3. The van der Waals surface area contributed by atoms with E-state index in [1.807, 2.05) is 12.1 Å². The van der Waals surface area contributed by atoms with Gasteiger partial charge < -0.3 is 15.7 Å². The van der Waals surface area contributed by atoms with Crippen LogP contribution in [0.3, 0.4) is 0 Å². The van der Waals surface area contributed by atoms with Crippen molar-refractivity contribution in [1.29, 1.82) is 0 Å². The number of hydrogen-bond acceptors (Lipinski definition) is 4. The fraction of sp³-hybridized carbons (Fsp3) is 0.312. The van der Waals surface area contributed by atoms with Crippen LogP contribution in [0.2, 0.25) is 0 Å². The maximum atomic E-state index is 12.5. The molecule has 2 aliphatic rings. The second-order valence-electron chi connectivity index (χ2n) is 5.56. The molecule has 0 bridgehead atoms. The highest BCUT2D eigenvalue weighted by Crippen LogP contribution is 2.41. The summed E-state index contributed by atoms with van der Waals surface area (Å²) in [6.45, 7) is 0. The Morgan fingerprint density at radius 1 is 1.10 bits per heavy atom. The van der Waals surface area contributed by atoms with Gasteiger partial charge in [-0.25, -0.2) is 0 Å². The number of aromatic hydroxyl groups is 1. The summed E-state index contributed by atoms with van der Waals surface area (Å²) in [5.41, 5.74) is 3.04. The highest BCUT2D eigenvalue weighted by molar-refractivity contribution is 7.16. The molecule has 4 nitrogen and oxygen atoms in total. The quantitative estimate of drug-likeness (QED) is 0.758. The van der Waals surface area contributed by atoms with E-state index >= 15 is 0 Å². The first kappa shape index (κ1) is 12.7. The van der Waals surface area contributed by atoms with Crippen LogP contribution in [0, 0.1) is 0 Å². The Kier molecular flexibility index (Phi) is 2.89. The van der Waals surface area contributed by atoms with Gasteiger partial charge in [0, 0.05) is 4.88 Å². The number of phenolic OH excluding ortho intramolecular Hbond substituents is 1. The van der Waals surface area contributed by atoms with Gasteiger partial charge in [-0.3, -0.25) is 4.79 Å². The molecule has 1 atom stereocenters. The van der Waals surface area contributed by atoms with Gasteiger partial charge in [-0.2, -0.15) is 0 Å². The Labute approximate surface area is 126 Å². The van der Waals surface area contributed by atoms with E-state index in [0.717, 1.165) is 29.0 Å². The lowest BCUT2D eigenvalue weighted by atomic mass is 9.94. The summed E-state index contributed by atoms with van der Waals surface area (Å²) in [5.74, 6) is 0.245. The Balaban J connectivity index is 1.70. The van der Waals surface area contributed by atoms with E-state index in [-0.39, 0.29) is 17.8 Å². The minimum atomic E-state index is -0.231. The number of carbonyl (C=O) groups is 1. The largest absolute Gasteiger partial charge is 0.508 e. The molecule has 0 spiro atoms. The van der Waals surface area contributed by atoms with Gasteiger partial charge in [-0.1, -0.05) is 12.1 Å².